The van der Waals surface area contributed by atoms with E-state index in [1.165, 1.54) is 32.1 Å². The van der Waals surface area contributed by atoms with Crippen molar-refractivity contribution >= 4 is 0 Å². The van der Waals surface area contributed by atoms with E-state index < -0.39 is 0 Å². The number of hydrogen-bond donors (Lipinski definition) is 1. The third-order valence-corrected chi connectivity index (χ3v) is 3.33. The van der Waals surface area contributed by atoms with Gasteiger partial charge in [-0.1, -0.05) is 25.3 Å². The summed E-state index contributed by atoms with van der Waals surface area (Å²) in [5.41, 5.74) is 6.55. The zero-order valence-corrected chi connectivity index (χ0v) is 9.64. The molecule has 1 aliphatic carbocycles. The van der Waals surface area contributed by atoms with Gasteiger partial charge in [-0.3, -0.25) is 4.98 Å². The lowest BCUT2D eigenvalue weighted by Gasteiger charge is -2.29. The summed E-state index contributed by atoms with van der Waals surface area (Å²) in [6.07, 6.45) is 8.36. The largest absolute Gasteiger partial charge is 0.357 e. The molecule has 3 nitrogen and oxygen atoms in total. The van der Waals surface area contributed by atoms with Gasteiger partial charge in [-0.15, -0.1) is 0 Å². The average molecular weight is 220 g/mol. The lowest BCUT2D eigenvalue weighted by molar-refractivity contribution is -0.000859. The van der Waals surface area contributed by atoms with Crippen molar-refractivity contribution in [3.8, 4) is 0 Å². The van der Waals surface area contributed by atoms with Gasteiger partial charge in [-0.05, 0) is 30.9 Å². The fraction of sp³-hybridized carbons (Fsp3) is 0.615. The van der Waals surface area contributed by atoms with Crippen molar-refractivity contribution in [2.45, 2.75) is 38.2 Å². The number of nitrogens with zero attached hydrogens (tertiary/aromatic N) is 1. The van der Waals surface area contributed by atoms with Gasteiger partial charge in [0, 0.05) is 6.20 Å². The van der Waals surface area contributed by atoms with Crippen LogP contribution in [0.1, 0.15) is 43.9 Å². The van der Waals surface area contributed by atoms with Crippen LogP contribution in [0.2, 0.25) is 0 Å². The topological polar surface area (TPSA) is 48.1 Å². The maximum absolute atomic E-state index is 5.68. The Labute approximate surface area is 97.0 Å². The fourth-order valence-corrected chi connectivity index (χ4v) is 2.55. The summed E-state index contributed by atoms with van der Waals surface area (Å²) >= 11 is 0. The minimum absolute atomic E-state index is 0.0894. The maximum Gasteiger partial charge on any atom is 0.104 e. The molecule has 1 saturated carbocycles. The molecule has 1 heterocycles. The SMILES string of the molecule is NCOC(c1ccccn1)C1CCCCC1. The Balaban J connectivity index is 2.09. The Morgan fingerprint density at radius 2 is 2.12 bits per heavy atom. The zero-order chi connectivity index (χ0) is 11.2. The molecule has 0 aromatic carbocycles. The predicted octanol–water partition coefficient (Wildman–Crippen LogP) is 2.64. The maximum atomic E-state index is 5.68. The molecule has 0 aliphatic heterocycles. The molecule has 2 rings (SSSR count). The number of nitrogens with two attached hydrogens (primary N) is 1. The molecule has 16 heavy (non-hydrogen) atoms. The lowest BCUT2D eigenvalue weighted by atomic mass is 9.84. The highest BCUT2D eigenvalue weighted by atomic mass is 16.5. The minimum atomic E-state index is 0.0894. The third-order valence-electron chi connectivity index (χ3n) is 3.33. The second-order valence-electron chi connectivity index (χ2n) is 4.41. The molecular weight excluding hydrogens is 200 g/mol. The lowest BCUT2D eigenvalue weighted by Crippen LogP contribution is -2.22. The number of rotatable bonds is 4. The first-order valence-electron chi connectivity index (χ1n) is 6.14. The first kappa shape index (κ1) is 11.6. The normalized spacial score (nSPS) is 19.6. The molecule has 0 amide bonds. The molecule has 88 valence electrons. The Kier molecular flexibility index (Phi) is 4.31. The van der Waals surface area contributed by atoms with Gasteiger partial charge in [-0.25, -0.2) is 0 Å². The molecule has 0 bridgehead atoms. The monoisotopic (exact) mass is 220 g/mol. The molecule has 0 saturated heterocycles. The number of pyridine rings is 1. The van der Waals surface area contributed by atoms with Gasteiger partial charge in [0.05, 0.1) is 12.4 Å². The van der Waals surface area contributed by atoms with E-state index in [0.717, 1.165) is 5.69 Å². The van der Waals surface area contributed by atoms with Gasteiger partial charge in [-0.2, -0.15) is 0 Å². The fourth-order valence-electron chi connectivity index (χ4n) is 2.55. The van der Waals surface area contributed by atoms with Crippen LogP contribution in [0.25, 0.3) is 0 Å². The Bertz CT molecular complexity index is 296. The second-order valence-corrected chi connectivity index (χ2v) is 4.41. The molecule has 3 heteroatoms. The molecule has 0 radical (unpaired) electrons. The predicted molar refractivity (Wildman–Crippen MR) is 63.7 cm³/mol. The van der Waals surface area contributed by atoms with Crippen LogP contribution in [0.4, 0.5) is 0 Å². The summed E-state index contributed by atoms with van der Waals surface area (Å²) in [5.74, 6) is 0.590. The Morgan fingerprint density at radius 1 is 1.31 bits per heavy atom. The van der Waals surface area contributed by atoms with Gasteiger partial charge in [0.1, 0.15) is 6.10 Å². The van der Waals surface area contributed by atoms with E-state index in [2.05, 4.69) is 4.98 Å². The summed E-state index contributed by atoms with van der Waals surface area (Å²) in [6.45, 7) is 0.276. The van der Waals surface area contributed by atoms with Gasteiger partial charge in [0.25, 0.3) is 0 Å². The molecule has 1 fully saturated rings. The van der Waals surface area contributed by atoms with Gasteiger partial charge < -0.3 is 10.5 Å². The highest BCUT2D eigenvalue weighted by Crippen LogP contribution is 2.35. The second kappa shape index (κ2) is 5.97. The first-order valence-corrected chi connectivity index (χ1v) is 6.14. The van der Waals surface area contributed by atoms with Crippen LogP contribution in [-0.2, 0) is 4.74 Å². The quantitative estimate of drug-likeness (QED) is 0.793. The van der Waals surface area contributed by atoms with Crippen LogP contribution in [0.3, 0.4) is 0 Å². The van der Waals surface area contributed by atoms with E-state index in [1.54, 1.807) is 0 Å². The summed E-state index contributed by atoms with van der Waals surface area (Å²) in [6, 6.07) is 5.98. The van der Waals surface area contributed by atoms with Crippen LogP contribution >= 0.6 is 0 Å². The van der Waals surface area contributed by atoms with E-state index in [4.69, 9.17) is 10.5 Å². The molecular formula is C13H20N2O. The van der Waals surface area contributed by atoms with Crippen LogP contribution in [0, 0.1) is 5.92 Å². The zero-order valence-electron chi connectivity index (χ0n) is 9.64. The summed E-state index contributed by atoms with van der Waals surface area (Å²) in [7, 11) is 0. The van der Waals surface area contributed by atoms with Crippen LogP contribution in [-0.4, -0.2) is 11.7 Å². The van der Waals surface area contributed by atoms with Crippen molar-refractivity contribution in [3.05, 3.63) is 30.1 Å². The summed E-state index contributed by atoms with van der Waals surface area (Å²) in [5, 5.41) is 0. The molecule has 2 N–H and O–H groups in total. The van der Waals surface area contributed by atoms with Crippen LogP contribution in [0.5, 0.6) is 0 Å². The standard InChI is InChI=1S/C13H20N2O/c14-10-16-13(11-6-2-1-3-7-11)12-8-4-5-9-15-12/h4-5,8-9,11,13H,1-3,6-7,10,14H2. The Hall–Kier alpha value is -0.930. The van der Waals surface area contributed by atoms with Gasteiger partial charge in [0.2, 0.25) is 0 Å². The molecule has 1 aliphatic rings. The van der Waals surface area contributed by atoms with Gasteiger partial charge in [0.15, 0.2) is 0 Å². The van der Waals surface area contributed by atoms with E-state index in [9.17, 15) is 0 Å². The highest BCUT2D eigenvalue weighted by Gasteiger charge is 2.26. The van der Waals surface area contributed by atoms with Crippen molar-refractivity contribution in [3.63, 3.8) is 0 Å². The minimum Gasteiger partial charge on any atom is -0.357 e. The third kappa shape index (κ3) is 2.80. The number of hydrogen-bond acceptors (Lipinski definition) is 3. The van der Waals surface area contributed by atoms with E-state index >= 15 is 0 Å². The Morgan fingerprint density at radius 3 is 2.75 bits per heavy atom. The highest BCUT2D eigenvalue weighted by molar-refractivity contribution is 5.08. The summed E-state index contributed by atoms with van der Waals surface area (Å²) in [4.78, 5) is 4.39. The van der Waals surface area contributed by atoms with Crippen LogP contribution in [0.15, 0.2) is 24.4 Å². The van der Waals surface area contributed by atoms with E-state index in [1.807, 2.05) is 24.4 Å². The number of aromatic nitrogens is 1. The summed E-state index contributed by atoms with van der Waals surface area (Å²) < 4.78 is 5.68. The molecule has 1 aromatic rings. The average Bonchev–Trinajstić information content (AvgIpc) is 2.38. The van der Waals surface area contributed by atoms with Crippen molar-refractivity contribution in [2.24, 2.45) is 11.7 Å². The van der Waals surface area contributed by atoms with Crippen LogP contribution < -0.4 is 5.73 Å². The van der Waals surface area contributed by atoms with E-state index in [0.29, 0.717) is 5.92 Å². The van der Waals surface area contributed by atoms with Gasteiger partial charge >= 0.3 is 0 Å². The molecule has 1 aromatic heterocycles. The van der Waals surface area contributed by atoms with Crippen molar-refractivity contribution in [2.75, 3.05) is 6.73 Å². The molecule has 0 spiro atoms. The first-order chi connectivity index (χ1) is 7.92. The van der Waals surface area contributed by atoms with E-state index in [-0.39, 0.29) is 12.8 Å². The molecule has 1 atom stereocenters. The van der Waals surface area contributed by atoms with Crippen molar-refractivity contribution in [1.82, 2.24) is 4.98 Å². The number of ether oxygens (including phenoxy) is 1. The van der Waals surface area contributed by atoms with Crippen molar-refractivity contribution in [1.29, 1.82) is 0 Å². The molecule has 1 unspecified atom stereocenters. The van der Waals surface area contributed by atoms with Crippen molar-refractivity contribution < 1.29 is 4.74 Å². The smallest absolute Gasteiger partial charge is 0.104 e.